The molecule has 13 heteroatoms. The van der Waals surface area contributed by atoms with Gasteiger partial charge in [0.25, 0.3) is 0 Å². The van der Waals surface area contributed by atoms with E-state index in [2.05, 4.69) is 6.58 Å². The predicted molar refractivity (Wildman–Crippen MR) is 87.9 cm³/mol. The zero-order valence-electron chi connectivity index (χ0n) is 15.5. The highest BCUT2D eigenvalue weighted by Crippen LogP contribution is 2.44. The maximum Gasteiger partial charge on any atom is 0.453 e. The van der Waals surface area contributed by atoms with Gasteiger partial charge < -0.3 is 5.11 Å². The van der Waals surface area contributed by atoms with Crippen LogP contribution in [0.3, 0.4) is 0 Å². The number of rotatable bonds is 12. The molecule has 0 aromatic rings. The third kappa shape index (κ3) is 8.95. The van der Waals surface area contributed by atoms with Crippen molar-refractivity contribution in [2.75, 3.05) is 0 Å². The van der Waals surface area contributed by atoms with E-state index in [9.17, 15) is 48.7 Å². The molecule has 0 atom stereocenters. The number of halogens is 10. The summed E-state index contributed by atoms with van der Waals surface area (Å²) in [5.74, 6) is -11.4. The maximum atomic E-state index is 13.2. The summed E-state index contributed by atoms with van der Waals surface area (Å²) in [6, 6.07) is -1.69. The molecule has 0 bridgehead atoms. The molecule has 2 nitrogen and oxygen atoms in total. The van der Waals surface area contributed by atoms with Gasteiger partial charge in [-0.05, 0) is 12.8 Å². The summed E-state index contributed by atoms with van der Waals surface area (Å²) >= 11 is 0. The molecule has 0 rings (SSSR count). The molecule has 0 fully saturated rings. The SMILES string of the molecule is C=C(CCCC[Si](C)(CCC(F)(F)C(F)(F)F)CCC(F)(F)C(F)(F)F)C(=O)O. The fourth-order valence-corrected chi connectivity index (χ4v) is 6.26. The van der Waals surface area contributed by atoms with Gasteiger partial charge in [-0.2, -0.15) is 43.9 Å². The summed E-state index contributed by atoms with van der Waals surface area (Å²) in [5.41, 5.74) is -0.180. The van der Waals surface area contributed by atoms with Crippen LogP contribution in [0.4, 0.5) is 43.9 Å². The van der Waals surface area contributed by atoms with Crippen LogP contribution in [-0.4, -0.2) is 43.3 Å². The van der Waals surface area contributed by atoms with Gasteiger partial charge in [0.2, 0.25) is 0 Å². The van der Waals surface area contributed by atoms with Crippen molar-refractivity contribution < 1.29 is 53.8 Å². The molecule has 0 amide bonds. The zero-order valence-corrected chi connectivity index (χ0v) is 16.5. The Hall–Kier alpha value is -1.27. The van der Waals surface area contributed by atoms with Gasteiger partial charge >= 0.3 is 30.2 Å². The average molecular weight is 464 g/mol. The molecule has 0 spiro atoms. The summed E-state index contributed by atoms with van der Waals surface area (Å²) in [6.07, 6.45) is -14.9. The number of carboxylic acids is 1. The van der Waals surface area contributed by atoms with Crippen LogP contribution in [0.15, 0.2) is 12.2 Å². The van der Waals surface area contributed by atoms with Crippen molar-refractivity contribution in [3.63, 3.8) is 0 Å². The zero-order chi connectivity index (χ0) is 23.3. The van der Waals surface area contributed by atoms with Gasteiger partial charge in [0.15, 0.2) is 0 Å². The minimum absolute atomic E-state index is 0.0305. The molecule has 172 valence electrons. The van der Waals surface area contributed by atoms with E-state index in [1.165, 1.54) is 6.55 Å². The van der Waals surface area contributed by atoms with Gasteiger partial charge in [-0.3, -0.25) is 0 Å². The van der Waals surface area contributed by atoms with E-state index in [4.69, 9.17) is 5.11 Å². The van der Waals surface area contributed by atoms with E-state index < -0.39 is 63.2 Å². The number of alkyl halides is 10. The van der Waals surface area contributed by atoms with Crippen LogP contribution in [-0.2, 0) is 4.79 Å². The Morgan fingerprint density at radius 2 is 1.17 bits per heavy atom. The fourth-order valence-electron chi connectivity index (χ4n) is 2.57. The van der Waals surface area contributed by atoms with Crippen LogP contribution in [0.25, 0.3) is 0 Å². The summed E-state index contributed by atoms with van der Waals surface area (Å²) in [6.45, 7) is 4.45. The van der Waals surface area contributed by atoms with Crippen molar-refractivity contribution in [1.29, 1.82) is 0 Å². The lowest BCUT2D eigenvalue weighted by atomic mass is 10.1. The van der Waals surface area contributed by atoms with Crippen LogP contribution < -0.4 is 0 Å². The number of aliphatic carboxylic acids is 1. The number of unbranched alkanes of at least 4 members (excludes halogenated alkanes) is 1. The molecule has 0 unspecified atom stereocenters. The Kier molecular flexibility index (Phi) is 9.26. The quantitative estimate of drug-likeness (QED) is 0.145. The number of carboxylic acid groups (broad SMARTS) is 1. The van der Waals surface area contributed by atoms with Crippen LogP contribution in [0.1, 0.15) is 32.1 Å². The van der Waals surface area contributed by atoms with Crippen molar-refractivity contribution >= 4 is 14.0 Å². The number of hydrogen-bond donors (Lipinski definition) is 1. The van der Waals surface area contributed by atoms with Gasteiger partial charge in [0.05, 0.1) is 8.07 Å². The molecule has 29 heavy (non-hydrogen) atoms. The molecule has 0 aromatic carbocycles. The maximum absolute atomic E-state index is 13.2. The number of carbonyl (C=O) groups is 1. The van der Waals surface area contributed by atoms with E-state index in [-0.39, 0.29) is 30.9 Å². The first-order chi connectivity index (χ1) is 12.7. The third-order valence-electron chi connectivity index (χ3n) is 4.73. The van der Waals surface area contributed by atoms with Crippen LogP contribution >= 0.6 is 0 Å². The smallest absolute Gasteiger partial charge is 0.453 e. The molecular weight excluding hydrogens is 442 g/mol. The first-order valence-corrected chi connectivity index (χ1v) is 11.7. The average Bonchev–Trinajstić information content (AvgIpc) is 2.53. The second-order valence-corrected chi connectivity index (χ2v) is 12.5. The summed E-state index contributed by atoms with van der Waals surface area (Å²) in [7, 11) is -3.36. The highest BCUT2D eigenvalue weighted by Gasteiger charge is 2.59. The summed E-state index contributed by atoms with van der Waals surface area (Å²) < 4.78 is 127. The Morgan fingerprint density at radius 1 is 0.793 bits per heavy atom. The Bertz CT molecular complexity index is 539. The molecule has 0 aromatic heterocycles. The largest absolute Gasteiger partial charge is 0.478 e. The van der Waals surface area contributed by atoms with E-state index in [1.54, 1.807) is 0 Å². The second kappa shape index (κ2) is 9.69. The highest BCUT2D eigenvalue weighted by molar-refractivity contribution is 6.78. The molecule has 0 aliphatic carbocycles. The fraction of sp³-hybridized carbons (Fsp3) is 0.812. The molecule has 0 saturated carbocycles. The standard InChI is InChI=1S/C16H22F10O2Si/c1-11(12(27)28)5-3-4-8-29(2,9-6-13(17,18)15(21,22)23)10-7-14(19,20)16(24,25)26/h1,3-10H2,2H3,(H,27,28). The number of hydrogen-bond acceptors (Lipinski definition) is 1. The lowest BCUT2D eigenvalue weighted by Gasteiger charge is -2.32. The first-order valence-electron chi connectivity index (χ1n) is 8.54. The van der Waals surface area contributed by atoms with Crippen LogP contribution in [0, 0.1) is 0 Å². The predicted octanol–water partition coefficient (Wildman–Crippen LogP) is 7.05. The van der Waals surface area contributed by atoms with Gasteiger partial charge in [-0.1, -0.05) is 37.7 Å². The van der Waals surface area contributed by atoms with Gasteiger partial charge in [-0.25, -0.2) is 4.79 Å². The van der Waals surface area contributed by atoms with Gasteiger partial charge in [-0.15, -0.1) is 0 Å². The first kappa shape index (κ1) is 27.7. The molecule has 1 N–H and O–H groups in total. The van der Waals surface area contributed by atoms with Crippen molar-refractivity contribution in [2.24, 2.45) is 0 Å². The van der Waals surface area contributed by atoms with Crippen molar-refractivity contribution in [1.82, 2.24) is 0 Å². The molecule has 0 aliphatic heterocycles. The van der Waals surface area contributed by atoms with Gasteiger partial charge in [0.1, 0.15) is 0 Å². The minimum atomic E-state index is -5.85. The molecule has 0 radical (unpaired) electrons. The Labute approximate surface area is 162 Å². The Morgan fingerprint density at radius 3 is 1.48 bits per heavy atom. The van der Waals surface area contributed by atoms with E-state index in [0.717, 1.165) is 0 Å². The lowest BCUT2D eigenvalue weighted by Crippen LogP contribution is -2.42. The minimum Gasteiger partial charge on any atom is -0.478 e. The topological polar surface area (TPSA) is 37.3 Å². The van der Waals surface area contributed by atoms with E-state index >= 15 is 0 Å². The molecular formula is C16H22F10O2Si. The van der Waals surface area contributed by atoms with Crippen LogP contribution in [0.5, 0.6) is 0 Å². The normalized spacial score (nSPS) is 14.2. The highest BCUT2D eigenvalue weighted by atomic mass is 28.3. The van der Waals surface area contributed by atoms with Crippen molar-refractivity contribution in [2.45, 2.75) is 81.0 Å². The Balaban J connectivity index is 5.16. The molecule has 0 aliphatic rings. The summed E-state index contributed by atoms with van der Waals surface area (Å²) in [4.78, 5) is 10.6. The van der Waals surface area contributed by atoms with E-state index in [1.807, 2.05) is 0 Å². The molecule has 0 saturated heterocycles. The van der Waals surface area contributed by atoms with Gasteiger partial charge in [0, 0.05) is 18.4 Å². The second-order valence-electron chi connectivity index (χ2n) is 7.33. The lowest BCUT2D eigenvalue weighted by molar-refractivity contribution is -0.283. The third-order valence-corrected chi connectivity index (χ3v) is 9.20. The van der Waals surface area contributed by atoms with Crippen molar-refractivity contribution in [3.05, 3.63) is 12.2 Å². The van der Waals surface area contributed by atoms with Crippen molar-refractivity contribution in [3.8, 4) is 0 Å². The monoisotopic (exact) mass is 464 g/mol. The summed E-state index contributed by atoms with van der Waals surface area (Å²) in [5, 5.41) is 8.67. The van der Waals surface area contributed by atoms with E-state index in [0.29, 0.717) is 0 Å². The van der Waals surface area contributed by atoms with Crippen LogP contribution in [0.2, 0.25) is 24.7 Å². The molecule has 0 heterocycles.